The van der Waals surface area contributed by atoms with E-state index in [9.17, 15) is 13.2 Å². The molecule has 0 aliphatic heterocycles. The van der Waals surface area contributed by atoms with E-state index in [4.69, 9.17) is 9.57 Å². The summed E-state index contributed by atoms with van der Waals surface area (Å²) in [4.78, 5) is 19.7. The van der Waals surface area contributed by atoms with E-state index in [1.54, 1.807) is 12.0 Å². The second-order valence-corrected chi connectivity index (χ2v) is 7.20. The van der Waals surface area contributed by atoms with Crippen LogP contribution in [0.2, 0.25) is 0 Å². The predicted molar refractivity (Wildman–Crippen MR) is 89.2 cm³/mol. The third-order valence-corrected chi connectivity index (χ3v) is 3.64. The quantitative estimate of drug-likeness (QED) is 0.416. The predicted octanol–water partition coefficient (Wildman–Crippen LogP) is 0.860. The van der Waals surface area contributed by atoms with Crippen LogP contribution in [-0.4, -0.2) is 76.7 Å². The fourth-order valence-electron chi connectivity index (χ4n) is 1.77. The first-order valence-corrected chi connectivity index (χ1v) is 9.56. The minimum atomic E-state index is -3.20. The number of rotatable bonds is 12. The molecular weight excluding hydrogens is 322 g/mol. The number of methoxy groups -OCH3 is 1. The third-order valence-electron chi connectivity index (χ3n) is 2.91. The fraction of sp³-hybridized carbons (Fsp3) is 0.857. The Morgan fingerprint density at radius 1 is 1.26 bits per heavy atom. The van der Waals surface area contributed by atoms with Crippen LogP contribution in [0.15, 0.2) is 0 Å². The zero-order chi connectivity index (χ0) is 17.9. The van der Waals surface area contributed by atoms with Gasteiger partial charge in [-0.2, -0.15) is 0 Å². The van der Waals surface area contributed by atoms with Crippen LogP contribution >= 0.6 is 0 Å². The van der Waals surface area contributed by atoms with Crippen LogP contribution in [-0.2, 0) is 19.6 Å². The summed E-state index contributed by atoms with van der Waals surface area (Å²) in [7, 11) is -1.62. The lowest BCUT2D eigenvalue weighted by atomic mass is 10.3. The molecule has 8 nitrogen and oxygen atoms in total. The number of urea groups is 1. The molecule has 137 valence electrons. The average molecular weight is 352 g/mol. The second kappa shape index (κ2) is 11.6. The summed E-state index contributed by atoms with van der Waals surface area (Å²) in [6.07, 6.45) is 2.08. The van der Waals surface area contributed by atoms with Crippen LogP contribution in [0.4, 0.5) is 4.79 Å². The molecule has 0 fully saturated rings. The highest BCUT2D eigenvalue weighted by Gasteiger charge is 2.23. The first-order valence-electron chi connectivity index (χ1n) is 7.66. The zero-order valence-electron chi connectivity index (χ0n) is 14.6. The number of hydrogen-bond acceptors (Lipinski definition) is 5. The van der Waals surface area contributed by atoms with E-state index in [-0.39, 0.29) is 25.2 Å². The van der Waals surface area contributed by atoms with Crippen molar-refractivity contribution in [3.05, 3.63) is 6.92 Å². The number of sulfonamides is 1. The molecular formula is C14H30N3O5S. The van der Waals surface area contributed by atoms with Gasteiger partial charge in [-0.1, -0.05) is 6.92 Å². The largest absolute Gasteiger partial charge is 0.383 e. The van der Waals surface area contributed by atoms with E-state index in [0.717, 1.165) is 6.26 Å². The first kappa shape index (κ1) is 22.1. The molecule has 0 saturated carbocycles. The van der Waals surface area contributed by atoms with Crippen molar-refractivity contribution in [1.82, 2.24) is 14.7 Å². The van der Waals surface area contributed by atoms with Crippen molar-refractivity contribution in [2.75, 3.05) is 46.2 Å². The number of nitrogens with one attached hydrogen (secondary N) is 1. The summed E-state index contributed by atoms with van der Waals surface area (Å²) >= 11 is 0. The van der Waals surface area contributed by atoms with Gasteiger partial charge in [-0.3, -0.25) is 4.84 Å². The van der Waals surface area contributed by atoms with Crippen molar-refractivity contribution in [1.29, 1.82) is 0 Å². The standard InChI is InChI=1S/C14H30N3O5S/c1-6-9-17(22-11-7-8-15-23(5,19)20)14(18)16(13(2)3)10-12-21-4/h13,15H,1,6-12H2,2-5H3. The lowest BCUT2D eigenvalue weighted by Gasteiger charge is -2.32. The minimum Gasteiger partial charge on any atom is -0.383 e. The molecule has 0 aromatic rings. The molecule has 1 N–H and O–H groups in total. The Labute approximate surface area is 140 Å². The molecule has 0 rings (SSSR count). The van der Waals surface area contributed by atoms with Crippen LogP contribution in [0.5, 0.6) is 0 Å². The van der Waals surface area contributed by atoms with Gasteiger partial charge in [0.15, 0.2) is 0 Å². The van der Waals surface area contributed by atoms with Crippen molar-refractivity contribution < 1.29 is 22.8 Å². The molecule has 0 heterocycles. The highest BCUT2D eigenvalue weighted by atomic mass is 32.2. The van der Waals surface area contributed by atoms with Gasteiger partial charge >= 0.3 is 6.03 Å². The molecule has 23 heavy (non-hydrogen) atoms. The van der Waals surface area contributed by atoms with Crippen LogP contribution in [0.25, 0.3) is 0 Å². The maximum atomic E-state index is 12.5. The van der Waals surface area contributed by atoms with Crippen molar-refractivity contribution >= 4 is 16.1 Å². The lowest BCUT2D eigenvalue weighted by molar-refractivity contribution is -0.127. The summed E-state index contributed by atoms with van der Waals surface area (Å²) in [5, 5.41) is 1.28. The summed E-state index contributed by atoms with van der Waals surface area (Å²) in [5.74, 6) is 0. The van der Waals surface area contributed by atoms with Gasteiger partial charge in [-0.05, 0) is 26.7 Å². The minimum absolute atomic E-state index is 0.0143. The normalized spacial score (nSPS) is 11.7. The first-order chi connectivity index (χ1) is 10.7. The van der Waals surface area contributed by atoms with E-state index >= 15 is 0 Å². The molecule has 0 spiro atoms. The summed E-state index contributed by atoms with van der Waals surface area (Å²) in [6.45, 7) is 9.38. The fourth-order valence-corrected chi connectivity index (χ4v) is 2.29. The van der Waals surface area contributed by atoms with Crippen molar-refractivity contribution in [2.45, 2.75) is 32.7 Å². The number of hydrogen-bond donors (Lipinski definition) is 1. The molecule has 1 radical (unpaired) electrons. The second-order valence-electron chi connectivity index (χ2n) is 5.37. The maximum Gasteiger partial charge on any atom is 0.344 e. The number of nitrogens with zero attached hydrogens (tertiary/aromatic N) is 2. The maximum absolute atomic E-state index is 12.5. The van der Waals surface area contributed by atoms with E-state index < -0.39 is 10.0 Å². The van der Waals surface area contributed by atoms with E-state index in [1.165, 1.54) is 5.06 Å². The summed E-state index contributed by atoms with van der Waals surface area (Å²) in [6, 6.07) is -0.225. The van der Waals surface area contributed by atoms with Gasteiger partial charge in [-0.15, -0.1) is 0 Å². The van der Waals surface area contributed by atoms with Crippen LogP contribution < -0.4 is 4.72 Å². The van der Waals surface area contributed by atoms with Gasteiger partial charge in [0.1, 0.15) is 0 Å². The van der Waals surface area contributed by atoms with Crippen molar-refractivity contribution in [3.8, 4) is 0 Å². The Morgan fingerprint density at radius 3 is 2.39 bits per heavy atom. The Morgan fingerprint density at radius 2 is 1.91 bits per heavy atom. The average Bonchev–Trinajstić information content (AvgIpc) is 2.44. The molecule has 0 bridgehead atoms. The molecule has 0 aromatic carbocycles. The molecule has 9 heteroatoms. The molecule has 0 unspecified atom stereocenters. The number of ether oxygens (including phenoxy) is 1. The molecule has 0 aliphatic carbocycles. The van der Waals surface area contributed by atoms with Gasteiger partial charge < -0.3 is 9.64 Å². The molecule has 0 atom stereocenters. The topological polar surface area (TPSA) is 88.2 Å². The molecule has 0 aromatic heterocycles. The number of carbonyl (C=O) groups excluding carboxylic acids is 1. The summed E-state index contributed by atoms with van der Waals surface area (Å²) < 4.78 is 29.3. The third kappa shape index (κ3) is 10.5. The van der Waals surface area contributed by atoms with E-state index in [1.807, 2.05) is 13.8 Å². The Hall–Kier alpha value is -0.900. The number of amides is 2. The molecule has 0 aliphatic rings. The Kier molecular flexibility index (Phi) is 11.2. The number of hydroxylamine groups is 2. The van der Waals surface area contributed by atoms with Crippen LogP contribution in [0, 0.1) is 6.92 Å². The van der Waals surface area contributed by atoms with Gasteiger partial charge in [0, 0.05) is 26.2 Å². The van der Waals surface area contributed by atoms with Crippen LogP contribution in [0.1, 0.15) is 26.7 Å². The smallest absolute Gasteiger partial charge is 0.344 e. The zero-order valence-corrected chi connectivity index (χ0v) is 15.4. The molecule has 2 amide bonds. The van der Waals surface area contributed by atoms with E-state index in [2.05, 4.69) is 11.6 Å². The lowest BCUT2D eigenvalue weighted by Crippen LogP contribution is -2.48. The van der Waals surface area contributed by atoms with Crippen LogP contribution in [0.3, 0.4) is 0 Å². The van der Waals surface area contributed by atoms with Gasteiger partial charge in [0.2, 0.25) is 10.0 Å². The Balaban J connectivity index is 4.47. The van der Waals surface area contributed by atoms with Gasteiger partial charge in [0.25, 0.3) is 0 Å². The highest BCUT2D eigenvalue weighted by Crippen LogP contribution is 2.07. The van der Waals surface area contributed by atoms with Crippen molar-refractivity contribution in [3.63, 3.8) is 0 Å². The summed E-state index contributed by atoms with van der Waals surface area (Å²) in [5.41, 5.74) is 0. The van der Waals surface area contributed by atoms with E-state index in [0.29, 0.717) is 32.5 Å². The number of carbonyl (C=O) groups is 1. The van der Waals surface area contributed by atoms with Gasteiger partial charge in [-0.25, -0.2) is 23.0 Å². The Bertz CT molecular complexity index is 428. The van der Waals surface area contributed by atoms with Gasteiger partial charge in [0.05, 0.1) is 26.0 Å². The monoisotopic (exact) mass is 352 g/mol. The van der Waals surface area contributed by atoms with Crippen molar-refractivity contribution in [2.24, 2.45) is 0 Å². The SMILES string of the molecule is [CH2]CCN(OCCCNS(C)(=O)=O)C(=O)N(CCOC)C(C)C. The highest BCUT2D eigenvalue weighted by molar-refractivity contribution is 7.88. The molecule has 0 saturated heterocycles.